The van der Waals surface area contributed by atoms with E-state index < -0.39 is 5.82 Å². The number of aromatic nitrogens is 1. The number of halogens is 1. The predicted molar refractivity (Wildman–Crippen MR) is 107 cm³/mol. The number of nitrogens with one attached hydrogen (secondary N) is 2. The van der Waals surface area contributed by atoms with E-state index >= 15 is 0 Å². The molecule has 0 atom stereocenters. The van der Waals surface area contributed by atoms with Crippen molar-refractivity contribution in [3.63, 3.8) is 0 Å². The molecule has 1 saturated heterocycles. The van der Waals surface area contributed by atoms with Crippen molar-refractivity contribution in [1.82, 2.24) is 4.98 Å². The smallest absolute Gasteiger partial charge is 0.414 e. The van der Waals surface area contributed by atoms with Crippen LogP contribution < -0.4 is 15.8 Å². The summed E-state index contributed by atoms with van der Waals surface area (Å²) in [4.78, 5) is 40.1. The minimum Gasteiger partial charge on any atom is -0.447 e. The minimum absolute atomic E-state index is 0.121. The highest BCUT2D eigenvalue weighted by atomic mass is 19.1. The van der Waals surface area contributed by atoms with Gasteiger partial charge in [0.2, 0.25) is 5.91 Å². The van der Waals surface area contributed by atoms with Gasteiger partial charge in [-0.1, -0.05) is 0 Å². The number of carbonyl (C=O) groups is 2. The van der Waals surface area contributed by atoms with E-state index in [-0.39, 0.29) is 30.4 Å². The lowest BCUT2D eigenvalue weighted by atomic mass is 10.1. The second-order valence-corrected chi connectivity index (χ2v) is 6.72. The van der Waals surface area contributed by atoms with Crippen LogP contribution in [0.2, 0.25) is 0 Å². The first-order valence-corrected chi connectivity index (χ1v) is 9.15. The lowest BCUT2D eigenvalue weighted by Gasteiger charge is -2.13. The Morgan fingerprint density at radius 1 is 1.14 bits per heavy atom. The average molecular weight is 395 g/mol. The van der Waals surface area contributed by atoms with Gasteiger partial charge >= 0.3 is 6.09 Å². The molecule has 1 fully saturated rings. The van der Waals surface area contributed by atoms with Gasteiger partial charge in [0.1, 0.15) is 12.4 Å². The Kier molecular flexibility index (Phi) is 4.99. The number of anilines is 2. The first kappa shape index (κ1) is 18.7. The van der Waals surface area contributed by atoms with Crippen LogP contribution in [0.3, 0.4) is 0 Å². The van der Waals surface area contributed by atoms with Gasteiger partial charge < -0.3 is 15.0 Å². The lowest BCUT2D eigenvalue weighted by Crippen LogP contribution is -2.23. The quantitative estimate of drug-likeness (QED) is 0.694. The van der Waals surface area contributed by atoms with Gasteiger partial charge in [0.05, 0.1) is 12.1 Å². The van der Waals surface area contributed by atoms with Crippen LogP contribution in [-0.2, 0) is 16.0 Å². The molecule has 4 rings (SSSR count). The molecule has 1 aromatic heterocycles. The molecule has 29 heavy (non-hydrogen) atoms. The van der Waals surface area contributed by atoms with Crippen molar-refractivity contribution >= 4 is 34.3 Å². The van der Waals surface area contributed by atoms with Crippen molar-refractivity contribution in [1.29, 1.82) is 0 Å². The molecule has 1 aliphatic heterocycles. The van der Waals surface area contributed by atoms with Crippen LogP contribution >= 0.6 is 0 Å². The van der Waals surface area contributed by atoms with Gasteiger partial charge in [0.25, 0.3) is 5.56 Å². The van der Waals surface area contributed by atoms with Crippen molar-refractivity contribution in [3.8, 4) is 0 Å². The number of fused-ring (bicyclic) bond motifs is 1. The molecule has 3 aromatic rings. The fraction of sp³-hybridized carbons (Fsp3) is 0.190. The number of hydrogen-bond donors (Lipinski definition) is 2. The number of benzene rings is 2. The summed E-state index contributed by atoms with van der Waals surface area (Å²) in [5.41, 5.74) is 1.84. The van der Waals surface area contributed by atoms with Crippen LogP contribution in [0.15, 0.2) is 53.3 Å². The Bertz CT molecular complexity index is 1140. The summed E-state index contributed by atoms with van der Waals surface area (Å²) in [6.07, 6.45) is -0.00699. The highest BCUT2D eigenvalue weighted by molar-refractivity contribution is 5.92. The molecule has 8 heteroatoms. The van der Waals surface area contributed by atoms with Crippen LogP contribution in [0.5, 0.6) is 0 Å². The average Bonchev–Trinajstić information content (AvgIpc) is 3.13. The number of carbonyl (C=O) groups excluding carboxylic acids is 2. The third-order valence-electron chi connectivity index (χ3n) is 4.73. The highest BCUT2D eigenvalue weighted by Crippen LogP contribution is 2.21. The molecule has 2 aromatic carbocycles. The van der Waals surface area contributed by atoms with Crippen LogP contribution in [0.25, 0.3) is 10.9 Å². The van der Waals surface area contributed by atoms with Crippen LogP contribution in [0.4, 0.5) is 20.6 Å². The number of cyclic esters (lactones) is 1. The summed E-state index contributed by atoms with van der Waals surface area (Å²) < 4.78 is 18.2. The Morgan fingerprint density at radius 3 is 2.66 bits per heavy atom. The van der Waals surface area contributed by atoms with E-state index in [9.17, 15) is 18.8 Å². The van der Waals surface area contributed by atoms with Gasteiger partial charge in [-0.05, 0) is 60.3 Å². The maximum Gasteiger partial charge on any atom is 0.414 e. The lowest BCUT2D eigenvalue weighted by molar-refractivity contribution is -0.116. The summed E-state index contributed by atoms with van der Waals surface area (Å²) in [7, 11) is 0. The number of nitrogens with zero attached hydrogens (tertiary/aromatic N) is 1. The molecule has 1 aliphatic rings. The Morgan fingerprint density at radius 2 is 1.93 bits per heavy atom. The van der Waals surface area contributed by atoms with E-state index in [1.54, 1.807) is 36.4 Å². The second kappa shape index (κ2) is 7.75. The molecule has 0 spiro atoms. The summed E-state index contributed by atoms with van der Waals surface area (Å²) in [5.74, 6) is -0.662. The van der Waals surface area contributed by atoms with E-state index in [0.717, 1.165) is 0 Å². The third kappa shape index (κ3) is 4.11. The van der Waals surface area contributed by atoms with Gasteiger partial charge in [-0.3, -0.25) is 14.5 Å². The standard InChI is InChI=1S/C21H18FN3O4/c22-15-3-1-13-11-14(20(27)24-18(13)12-15)2-8-19(26)23-16-4-6-17(7-5-16)25-9-10-29-21(25)28/h1,3-7,11-12H,2,8-10H2,(H,23,26)(H,24,27). The van der Waals surface area contributed by atoms with Gasteiger partial charge in [-0.15, -0.1) is 0 Å². The first-order valence-electron chi connectivity index (χ1n) is 9.15. The van der Waals surface area contributed by atoms with Crippen molar-refractivity contribution < 1.29 is 18.7 Å². The van der Waals surface area contributed by atoms with Gasteiger partial charge in [-0.2, -0.15) is 0 Å². The summed E-state index contributed by atoms with van der Waals surface area (Å²) in [6.45, 7) is 0.859. The largest absolute Gasteiger partial charge is 0.447 e. The predicted octanol–water partition coefficient (Wildman–Crippen LogP) is 3.20. The molecule has 0 radical (unpaired) electrons. The zero-order valence-corrected chi connectivity index (χ0v) is 15.4. The summed E-state index contributed by atoms with van der Waals surface area (Å²) in [6, 6.07) is 12.7. The fourth-order valence-electron chi connectivity index (χ4n) is 3.23. The number of aromatic amines is 1. The fourth-order valence-corrected chi connectivity index (χ4v) is 3.23. The molecule has 0 aliphatic carbocycles. The zero-order chi connectivity index (χ0) is 20.4. The van der Waals surface area contributed by atoms with E-state index in [0.29, 0.717) is 41.0 Å². The molecule has 7 nitrogen and oxygen atoms in total. The maximum absolute atomic E-state index is 13.3. The van der Waals surface area contributed by atoms with Crippen molar-refractivity contribution in [3.05, 3.63) is 70.3 Å². The maximum atomic E-state index is 13.3. The minimum atomic E-state index is -0.423. The molecular weight excluding hydrogens is 377 g/mol. The number of aryl methyl sites for hydroxylation is 1. The number of hydrogen-bond acceptors (Lipinski definition) is 4. The monoisotopic (exact) mass is 395 g/mol. The number of rotatable bonds is 5. The van der Waals surface area contributed by atoms with E-state index in [1.165, 1.54) is 17.0 Å². The number of H-pyrrole nitrogens is 1. The molecule has 0 saturated carbocycles. The SMILES string of the molecule is O=C(CCc1cc2ccc(F)cc2[nH]c1=O)Nc1ccc(N2CCOC2=O)cc1. The Labute approximate surface area is 165 Å². The molecule has 2 amide bonds. The van der Waals surface area contributed by atoms with Crippen LogP contribution in [0, 0.1) is 5.82 Å². The second-order valence-electron chi connectivity index (χ2n) is 6.72. The molecular formula is C21H18FN3O4. The molecule has 0 unspecified atom stereocenters. The van der Waals surface area contributed by atoms with Gasteiger partial charge in [0, 0.05) is 23.4 Å². The Balaban J connectivity index is 1.38. The zero-order valence-electron chi connectivity index (χ0n) is 15.4. The van der Waals surface area contributed by atoms with Crippen molar-refractivity contribution in [2.24, 2.45) is 0 Å². The van der Waals surface area contributed by atoms with E-state index in [1.807, 2.05) is 0 Å². The number of ether oxygens (including phenoxy) is 1. The molecule has 148 valence electrons. The molecule has 2 heterocycles. The highest BCUT2D eigenvalue weighted by Gasteiger charge is 2.23. The number of amides is 2. The van der Waals surface area contributed by atoms with Crippen LogP contribution in [-0.4, -0.2) is 30.1 Å². The molecule has 0 bridgehead atoms. The van der Waals surface area contributed by atoms with Gasteiger partial charge in [0.15, 0.2) is 0 Å². The summed E-state index contributed by atoms with van der Waals surface area (Å²) >= 11 is 0. The molecule has 2 N–H and O–H groups in total. The number of pyridine rings is 1. The normalized spacial score (nSPS) is 13.6. The Hall–Kier alpha value is -3.68. The topological polar surface area (TPSA) is 91.5 Å². The van der Waals surface area contributed by atoms with Crippen molar-refractivity contribution in [2.45, 2.75) is 12.8 Å². The van der Waals surface area contributed by atoms with Crippen molar-refractivity contribution in [2.75, 3.05) is 23.4 Å². The third-order valence-corrected chi connectivity index (χ3v) is 4.73. The van der Waals surface area contributed by atoms with Crippen LogP contribution in [0.1, 0.15) is 12.0 Å². The van der Waals surface area contributed by atoms with E-state index in [2.05, 4.69) is 10.3 Å². The van der Waals surface area contributed by atoms with E-state index in [4.69, 9.17) is 4.74 Å². The first-order chi connectivity index (χ1) is 14.0. The summed E-state index contributed by atoms with van der Waals surface area (Å²) in [5, 5.41) is 3.48. The van der Waals surface area contributed by atoms with Gasteiger partial charge in [-0.25, -0.2) is 9.18 Å².